The Morgan fingerprint density at radius 3 is 2.40 bits per heavy atom. The van der Waals surface area contributed by atoms with E-state index < -0.39 is 0 Å². The zero-order chi connectivity index (χ0) is 10.5. The minimum Gasteiger partial charge on any atom is -0.399 e. The zero-order valence-corrected chi connectivity index (χ0v) is 8.56. The van der Waals surface area contributed by atoms with E-state index in [-0.39, 0.29) is 0 Å². The lowest BCUT2D eigenvalue weighted by molar-refractivity contribution is 0.958. The van der Waals surface area contributed by atoms with Crippen molar-refractivity contribution in [3.8, 4) is 0 Å². The van der Waals surface area contributed by atoms with E-state index in [1.165, 1.54) is 11.1 Å². The highest BCUT2D eigenvalue weighted by molar-refractivity contribution is 5.46. The Morgan fingerprint density at radius 2 is 1.67 bits per heavy atom. The average molecular weight is 198 g/mol. The highest BCUT2D eigenvalue weighted by Gasteiger charge is 1.98. The maximum atomic E-state index is 5.87. The molecule has 1 heterocycles. The molecule has 2 rings (SSSR count). The van der Waals surface area contributed by atoms with E-state index in [2.05, 4.69) is 11.1 Å². The van der Waals surface area contributed by atoms with E-state index in [1.807, 2.05) is 42.7 Å². The zero-order valence-electron chi connectivity index (χ0n) is 8.56. The van der Waals surface area contributed by atoms with E-state index in [9.17, 15) is 0 Å². The van der Waals surface area contributed by atoms with Crippen LogP contribution in [0.2, 0.25) is 0 Å². The predicted molar refractivity (Wildman–Crippen MR) is 62.5 cm³/mol. The third-order valence-corrected chi connectivity index (χ3v) is 2.49. The van der Waals surface area contributed by atoms with Crippen molar-refractivity contribution in [3.63, 3.8) is 0 Å². The van der Waals surface area contributed by atoms with Crippen molar-refractivity contribution in [2.45, 2.75) is 12.8 Å². The smallest absolute Gasteiger partial charge is 0.0346 e. The Morgan fingerprint density at radius 1 is 0.933 bits per heavy atom. The highest BCUT2D eigenvalue weighted by atomic mass is 14.6. The van der Waals surface area contributed by atoms with Gasteiger partial charge in [-0.2, -0.15) is 0 Å². The van der Waals surface area contributed by atoms with Crippen LogP contribution in [0.5, 0.6) is 0 Å². The van der Waals surface area contributed by atoms with Crippen molar-refractivity contribution in [3.05, 3.63) is 59.9 Å². The number of rotatable bonds is 3. The molecule has 0 saturated heterocycles. The largest absolute Gasteiger partial charge is 0.399 e. The number of aromatic nitrogens is 1. The topological polar surface area (TPSA) is 38.9 Å². The first-order chi connectivity index (χ1) is 7.36. The molecule has 2 aromatic rings. The molecule has 0 bridgehead atoms. The molecular weight excluding hydrogens is 184 g/mol. The summed E-state index contributed by atoms with van der Waals surface area (Å²) < 4.78 is 0. The fourth-order valence-corrected chi connectivity index (χ4v) is 1.59. The number of pyridine rings is 1. The summed E-state index contributed by atoms with van der Waals surface area (Å²) in [6.07, 6.45) is 5.64. The van der Waals surface area contributed by atoms with Crippen molar-refractivity contribution in [2.24, 2.45) is 0 Å². The van der Waals surface area contributed by atoms with E-state index in [0.717, 1.165) is 18.5 Å². The van der Waals surface area contributed by atoms with Gasteiger partial charge >= 0.3 is 0 Å². The number of hydrogen-bond acceptors (Lipinski definition) is 2. The molecular formula is C13H14N2. The highest BCUT2D eigenvalue weighted by Crippen LogP contribution is 2.13. The Kier molecular flexibility index (Phi) is 2.98. The van der Waals surface area contributed by atoms with Crippen LogP contribution in [0.15, 0.2) is 48.8 Å². The van der Waals surface area contributed by atoms with Gasteiger partial charge in [0.2, 0.25) is 0 Å². The Hall–Kier alpha value is -1.83. The second kappa shape index (κ2) is 4.60. The Labute approximate surface area is 89.8 Å². The standard InChI is InChI=1S/C13H14N2/c14-13-4-2-1-3-12(13)6-5-11-7-9-15-10-8-11/h1-4,7-10H,5-6,14H2. The normalized spacial score (nSPS) is 10.1. The van der Waals surface area contributed by atoms with Crippen LogP contribution in [0.25, 0.3) is 0 Å². The van der Waals surface area contributed by atoms with Crippen LogP contribution < -0.4 is 5.73 Å². The molecule has 0 aliphatic rings. The first kappa shape index (κ1) is 9.71. The number of aryl methyl sites for hydroxylation is 2. The van der Waals surface area contributed by atoms with E-state index >= 15 is 0 Å². The van der Waals surface area contributed by atoms with Gasteiger partial charge in [-0.15, -0.1) is 0 Å². The molecule has 1 aromatic carbocycles. The third kappa shape index (κ3) is 2.56. The van der Waals surface area contributed by atoms with Crippen molar-refractivity contribution >= 4 is 5.69 Å². The lowest BCUT2D eigenvalue weighted by atomic mass is 10.0. The third-order valence-electron chi connectivity index (χ3n) is 2.49. The van der Waals surface area contributed by atoms with Crippen LogP contribution in [-0.4, -0.2) is 4.98 Å². The molecule has 0 aliphatic carbocycles. The van der Waals surface area contributed by atoms with Crippen LogP contribution in [0, 0.1) is 0 Å². The number of nitrogens with two attached hydrogens (primary N) is 1. The van der Waals surface area contributed by atoms with E-state index in [1.54, 1.807) is 0 Å². The van der Waals surface area contributed by atoms with Gasteiger partial charge in [-0.25, -0.2) is 0 Å². The number of nitrogen functional groups attached to an aromatic ring is 1. The molecule has 0 aliphatic heterocycles. The predicted octanol–water partition coefficient (Wildman–Crippen LogP) is 2.45. The summed E-state index contributed by atoms with van der Waals surface area (Å²) in [5, 5.41) is 0. The van der Waals surface area contributed by atoms with Crippen LogP contribution in [0.1, 0.15) is 11.1 Å². The number of hydrogen-bond donors (Lipinski definition) is 1. The molecule has 0 spiro atoms. The first-order valence-corrected chi connectivity index (χ1v) is 5.08. The first-order valence-electron chi connectivity index (χ1n) is 5.08. The summed E-state index contributed by atoms with van der Waals surface area (Å²) in [5.74, 6) is 0. The van der Waals surface area contributed by atoms with Gasteiger partial charge in [0, 0.05) is 18.1 Å². The fraction of sp³-hybridized carbons (Fsp3) is 0.154. The molecule has 2 N–H and O–H groups in total. The van der Waals surface area contributed by atoms with Gasteiger partial charge in [-0.1, -0.05) is 18.2 Å². The number of para-hydroxylation sites is 1. The summed E-state index contributed by atoms with van der Waals surface area (Å²) in [5.41, 5.74) is 9.27. The van der Waals surface area contributed by atoms with Crippen molar-refractivity contribution in [2.75, 3.05) is 5.73 Å². The van der Waals surface area contributed by atoms with Crippen molar-refractivity contribution < 1.29 is 0 Å². The molecule has 2 nitrogen and oxygen atoms in total. The van der Waals surface area contributed by atoms with Crippen LogP contribution in [0.4, 0.5) is 5.69 Å². The van der Waals surface area contributed by atoms with Crippen molar-refractivity contribution in [1.82, 2.24) is 4.98 Å². The quantitative estimate of drug-likeness (QED) is 0.769. The van der Waals surface area contributed by atoms with Gasteiger partial charge in [0.1, 0.15) is 0 Å². The maximum Gasteiger partial charge on any atom is 0.0346 e. The lowest BCUT2D eigenvalue weighted by Crippen LogP contribution is -1.96. The molecule has 0 saturated carbocycles. The summed E-state index contributed by atoms with van der Waals surface area (Å²) in [4.78, 5) is 3.99. The molecule has 1 aromatic heterocycles. The fourth-order valence-electron chi connectivity index (χ4n) is 1.59. The van der Waals surface area contributed by atoms with E-state index in [4.69, 9.17) is 5.73 Å². The monoisotopic (exact) mass is 198 g/mol. The van der Waals surface area contributed by atoms with Gasteiger partial charge in [-0.3, -0.25) is 4.98 Å². The average Bonchev–Trinajstić information content (AvgIpc) is 2.29. The summed E-state index contributed by atoms with van der Waals surface area (Å²) in [6.45, 7) is 0. The summed E-state index contributed by atoms with van der Waals surface area (Å²) in [6, 6.07) is 12.1. The van der Waals surface area contributed by atoms with Gasteiger partial charge in [-0.05, 0) is 42.2 Å². The summed E-state index contributed by atoms with van der Waals surface area (Å²) >= 11 is 0. The molecule has 0 unspecified atom stereocenters. The molecule has 0 radical (unpaired) electrons. The van der Waals surface area contributed by atoms with Gasteiger partial charge in [0.05, 0.1) is 0 Å². The molecule has 0 amide bonds. The van der Waals surface area contributed by atoms with Gasteiger partial charge < -0.3 is 5.73 Å². The van der Waals surface area contributed by atoms with Crippen LogP contribution in [-0.2, 0) is 12.8 Å². The molecule has 76 valence electrons. The minimum absolute atomic E-state index is 0.881. The Balaban J connectivity index is 2.03. The maximum absolute atomic E-state index is 5.87. The van der Waals surface area contributed by atoms with Crippen LogP contribution in [0.3, 0.4) is 0 Å². The van der Waals surface area contributed by atoms with Gasteiger partial charge in [0.15, 0.2) is 0 Å². The minimum atomic E-state index is 0.881. The van der Waals surface area contributed by atoms with Crippen LogP contribution >= 0.6 is 0 Å². The number of anilines is 1. The lowest BCUT2D eigenvalue weighted by Gasteiger charge is -2.04. The molecule has 2 heteroatoms. The Bertz CT molecular complexity index is 424. The SMILES string of the molecule is Nc1ccccc1CCc1ccncc1. The number of benzene rings is 1. The molecule has 15 heavy (non-hydrogen) atoms. The number of nitrogens with zero attached hydrogens (tertiary/aromatic N) is 1. The van der Waals surface area contributed by atoms with Gasteiger partial charge in [0.25, 0.3) is 0 Å². The summed E-state index contributed by atoms with van der Waals surface area (Å²) in [7, 11) is 0. The van der Waals surface area contributed by atoms with E-state index in [0.29, 0.717) is 0 Å². The molecule has 0 fully saturated rings. The molecule has 0 atom stereocenters. The second-order valence-corrected chi connectivity index (χ2v) is 3.55. The van der Waals surface area contributed by atoms with Crippen molar-refractivity contribution in [1.29, 1.82) is 0 Å². The second-order valence-electron chi connectivity index (χ2n) is 3.55.